The van der Waals surface area contributed by atoms with Crippen molar-refractivity contribution >= 4 is 17.5 Å². The standard InChI is InChI=1S/C23H22N4O3/c1-14(28)17-7-4-15(5-8-17)6-9-18-10-16(12-20(29-2)21(18)30-3)11-19-13-26-23(25)27-22(19)24/h4-5,7-8,10,12-13H,11H2,1-3H3,(H4,24,25,26,27). The van der Waals surface area contributed by atoms with Gasteiger partial charge in [-0.1, -0.05) is 24.0 Å². The lowest BCUT2D eigenvalue weighted by Gasteiger charge is -2.13. The predicted molar refractivity (Wildman–Crippen MR) is 116 cm³/mol. The summed E-state index contributed by atoms with van der Waals surface area (Å²) < 4.78 is 11.0. The quantitative estimate of drug-likeness (QED) is 0.498. The van der Waals surface area contributed by atoms with Gasteiger partial charge in [0.05, 0.1) is 19.8 Å². The minimum atomic E-state index is 0.0135. The highest BCUT2D eigenvalue weighted by Crippen LogP contribution is 2.33. The zero-order chi connectivity index (χ0) is 21.7. The van der Waals surface area contributed by atoms with Gasteiger partial charge in [-0.05, 0) is 36.8 Å². The van der Waals surface area contributed by atoms with E-state index in [4.69, 9.17) is 20.9 Å². The molecule has 0 bridgehead atoms. The third-order valence-electron chi connectivity index (χ3n) is 4.48. The minimum absolute atomic E-state index is 0.0135. The molecule has 0 saturated heterocycles. The lowest BCUT2D eigenvalue weighted by molar-refractivity contribution is 0.101. The number of rotatable bonds is 5. The van der Waals surface area contributed by atoms with E-state index in [1.807, 2.05) is 24.3 Å². The van der Waals surface area contributed by atoms with Gasteiger partial charge in [-0.2, -0.15) is 4.98 Å². The lowest BCUT2D eigenvalue weighted by atomic mass is 10.0. The van der Waals surface area contributed by atoms with Gasteiger partial charge in [0.2, 0.25) is 5.95 Å². The lowest BCUT2D eigenvalue weighted by Crippen LogP contribution is -2.04. The zero-order valence-corrected chi connectivity index (χ0v) is 17.0. The Kier molecular flexibility index (Phi) is 6.18. The number of Topliss-reactive ketones (excluding diaryl/α,β-unsaturated/α-hetero) is 1. The van der Waals surface area contributed by atoms with E-state index < -0.39 is 0 Å². The Balaban J connectivity index is 1.99. The molecule has 1 aromatic heterocycles. The molecular formula is C23H22N4O3. The Hall–Kier alpha value is -4.05. The second kappa shape index (κ2) is 8.97. The fraction of sp³-hybridized carbons (Fsp3) is 0.174. The molecule has 0 radical (unpaired) electrons. The number of hydrogen-bond acceptors (Lipinski definition) is 7. The predicted octanol–water partition coefficient (Wildman–Crippen LogP) is 2.85. The average molecular weight is 402 g/mol. The number of carbonyl (C=O) groups excluding carboxylic acids is 1. The first-order chi connectivity index (χ1) is 14.4. The normalized spacial score (nSPS) is 10.1. The third-order valence-corrected chi connectivity index (χ3v) is 4.48. The van der Waals surface area contributed by atoms with Crippen LogP contribution in [0.3, 0.4) is 0 Å². The Morgan fingerprint density at radius 3 is 2.40 bits per heavy atom. The van der Waals surface area contributed by atoms with Gasteiger partial charge in [-0.3, -0.25) is 4.79 Å². The summed E-state index contributed by atoms with van der Waals surface area (Å²) >= 11 is 0. The van der Waals surface area contributed by atoms with E-state index in [9.17, 15) is 4.79 Å². The summed E-state index contributed by atoms with van der Waals surface area (Å²) in [4.78, 5) is 19.4. The molecule has 0 aliphatic carbocycles. The number of nitrogens with zero attached hydrogens (tertiary/aromatic N) is 2. The summed E-state index contributed by atoms with van der Waals surface area (Å²) in [6.07, 6.45) is 2.09. The zero-order valence-electron chi connectivity index (χ0n) is 17.0. The number of anilines is 2. The molecule has 152 valence electrons. The van der Waals surface area contributed by atoms with E-state index in [1.165, 1.54) is 6.92 Å². The summed E-state index contributed by atoms with van der Waals surface area (Å²) in [6, 6.07) is 10.9. The van der Waals surface area contributed by atoms with Crippen LogP contribution in [0, 0.1) is 11.8 Å². The van der Waals surface area contributed by atoms with E-state index in [0.717, 1.165) is 16.7 Å². The maximum Gasteiger partial charge on any atom is 0.221 e. The number of methoxy groups -OCH3 is 2. The molecule has 1 heterocycles. The molecule has 2 aromatic carbocycles. The molecule has 0 spiro atoms. The van der Waals surface area contributed by atoms with Crippen molar-refractivity contribution in [2.75, 3.05) is 25.7 Å². The van der Waals surface area contributed by atoms with Gasteiger partial charge >= 0.3 is 0 Å². The van der Waals surface area contributed by atoms with Crippen molar-refractivity contribution < 1.29 is 14.3 Å². The number of nitrogen functional groups attached to an aromatic ring is 2. The van der Waals surface area contributed by atoms with E-state index in [2.05, 4.69) is 21.8 Å². The summed E-state index contributed by atoms with van der Waals surface area (Å²) in [5.41, 5.74) is 15.3. The molecule has 0 saturated carbocycles. The maximum atomic E-state index is 11.4. The molecule has 7 heteroatoms. The molecule has 0 aliphatic rings. The van der Waals surface area contributed by atoms with E-state index in [1.54, 1.807) is 32.5 Å². The van der Waals surface area contributed by atoms with Crippen LogP contribution >= 0.6 is 0 Å². The molecule has 0 fully saturated rings. The number of aromatic nitrogens is 2. The van der Waals surface area contributed by atoms with E-state index in [0.29, 0.717) is 34.9 Å². The largest absolute Gasteiger partial charge is 0.493 e. The molecule has 30 heavy (non-hydrogen) atoms. The SMILES string of the molecule is COc1cc(Cc2cnc(N)nc2N)cc(C#Cc2ccc(C(C)=O)cc2)c1OC. The van der Waals surface area contributed by atoms with Crippen LogP contribution in [-0.2, 0) is 6.42 Å². The Morgan fingerprint density at radius 1 is 1.07 bits per heavy atom. The van der Waals surface area contributed by atoms with Gasteiger partial charge in [-0.15, -0.1) is 0 Å². The summed E-state index contributed by atoms with van der Waals surface area (Å²) in [5.74, 6) is 7.80. The highest BCUT2D eigenvalue weighted by atomic mass is 16.5. The van der Waals surface area contributed by atoms with Crippen molar-refractivity contribution in [1.29, 1.82) is 0 Å². The second-order valence-corrected chi connectivity index (χ2v) is 6.58. The van der Waals surface area contributed by atoms with Crippen LogP contribution in [0.4, 0.5) is 11.8 Å². The van der Waals surface area contributed by atoms with E-state index >= 15 is 0 Å². The fourth-order valence-electron chi connectivity index (χ4n) is 2.93. The van der Waals surface area contributed by atoms with Crippen molar-refractivity contribution in [2.24, 2.45) is 0 Å². The third kappa shape index (κ3) is 4.67. The number of hydrogen-bond donors (Lipinski definition) is 2. The van der Waals surface area contributed by atoms with Crippen molar-refractivity contribution in [1.82, 2.24) is 9.97 Å². The minimum Gasteiger partial charge on any atom is -0.493 e. The molecule has 0 atom stereocenters. The number of ketones is 1. The summed E-state index contributed by atoms with van der Waals surface area (Å²) in [5, 5.41) is 0. The summed E-state index contributed by atoms with van der Waals surface area (Å²) in [7, 11) is 3.14. The Labute approximate surface area is 175 Å². The van der Waals surface area contributed by atoms with Crippen LogP contribution in [0.5, 0.6) is 11.5 Å². The monoisotopic (exact) mass is 402 g/mol. The van der Waals surface area contributed by atoms with Crippen molar-refractivity contribution in [3.63, 3.8) is 0 Å². The molecule has 0 aliphatic heterocycles. The molecular weight excluding hydrogens is 380 g/mol. The fourth-order valence-corrected chi connectivity index (χ4v) is 2.93. The smallest absolute Gasteiger partial charge is 0.221 e. The van der Waals surface area contributed by atoms with Crippen molar-refractivity contribution in [2.45, 2.75) is 13.3 Å². The molecule has 0 unspecified atom stereocenters. The van der Waals surface area contributed by atoms with Crippen LogP contribution in [0.1, 0.15) is 39.5 Å². The molecule has 3 rings (SSSR count). The summed E-state index contributed by atoms with van der Waals surface area (Å²) in [6.45, 7) is 1.53. The second-order valence-electron chi connectivity index (χ2n) is 6.58. The Bertz CT molecular complexity index is 1150. The highest BCUT2D eigenvalue weighted by molar-refractivity contribution is 5.94. The van der Waals surface area contributed by atoms with Gasteiger partial charge in [0, 0.05) is 29.3 Å². The van der Waals surface area contributed by atoms with Crippen LogP contribution in [0.2, 0.25) is 0 Å². The highest BCUT2D eigenvalue weighted by Gasteiger charge is 2.13. The number of nitrogens with two attached hydrogens (primary N) is 2. The van der Waals surface area contributed by atoms with Crippen LogP contribution in [0.25, 0.3) is 0 Å². The van der Waals surface area contributed by atoms with Crippen LogP contribution in [0.15, 0.2) is 42.6 Å². The number of ether oxygens (including phenoxy) is 2. The number of benzene rings is 2. The Morgan fingerprint density at radius 2 is 1.80 bits per heavy atom. The van der Waals surface area contributed by atoms with Gasteiger partial charge in [0.15, 0.2) is 17.3 Å². The van der Waals surface area contributed by atoms with Gasteiger partial charge in [-0.25, -0.2) is 4.98 Å². The van der Waals surface area contributed by atoms with Crippen LogP contribution in [-0.4, -0.2) is 30.0 Å². The maximum absolute atomic E-state index is 11.4. The van der Waals surface area contributed by atoms with Gasteiger partial charge in [0.1, 0.15) is 5.82 Å². The first-order valence-corrected chi connectivity index (χ1v) is 9.16. The van der Waals surface area contributed by atoms with Crippen molar-refractivity contribution in [3.8, 4) is 23.3 Å². The molecule has 0 amide bonds. The average Bonchev–Trinajstić information content (AvgIpc) is 2.74. The van der Waals surface area contributed by atoms with Crippen molar-refractivity contribution in [3.05, 3.63) is 70.4 Å². The topological polar surface area (TPSA) is 113 Å². The van der Waals surface area contributed by atoms with Crippen LogP contribution < -0.4 is 20.9 Å². The first-order valence-electron chi connectivity index (χ1n) is 9.16. The van der Waals surface area contributed by atoms with Gasteiger partial charge in [0.25, 0.3) is 0 Å². The first kappa shape index (κ1) is 20.7. The van der Waals surface area contributed by atoms with E-state index in [-0.39, 0.29) is 11.7 Å². The molecule has 3 aromatic rings. The molecule has 4 N–H and O–H groups in total. The number of carbonyl (C=O) groups is 1. The van der Waals surface area contributed by atoms with Gasteiger partial charge < -0.3 is 20.9 Å². The molecule has 7 nitrogen and oxygen atoms in total.